The Hall–Kier alpha value is -0.930. The maximum Gasteiger partial charge on any atom is 0.0300 e. The molecule has 3 nitrogen and oxygen atoms in total. The number of hydrogen-bond acceptors (Lipinski definition) is 3. The highest BCUT2D eigenvalue weighted by Gasteiger charge is 2.16. The standard InChI is InChI=1S/C16H27N3/c1-15-6-2-3-12-19(15)13-5-10-17-11-8-16-7-4-9-18-14-16/h4,7,9,14-15,17H,2-3,5-6,8,10-13H2,1H3. The lowest BCUT2D eigenvalue weighted by Gasteiger charge is -2.33. The number of nitrogens with one attached hydrogen (secondary N) is 1. The molecule has 1 aliphatic heterocycles. The summed E-state index contributed by atoms with van der Waals surface area (Å²) in [6.07, 6.45) is 10.3. The van der Waals surface area contributed by atoms with E-state index < -0.39 is 0 Å². The van der Waals surface area contributed by atoms with Crippen molar-refractivity contribution >= 4 is 0 Å². The summed E-state index contributed by atoms with van der Waals surface area (Å²) in [5, 5.41) is 3.53. The predicted octanol–water partition coefficient (Wildman–Crippen LogP) is 2.48. The molecular formula is C16H27N3. The van der Waals surface area contributed by atoms with E-state index in [1.807, 2.05) is 18.5 Å². The Labute approximate surface area is 117 Å². The molecule has 0 aromatic carbocycles. The number of nitrogens with zero attached hydrogens (tertiary/aromatic N) is 2. The number of piperidine rings is 1. The molecule has 106 valence electrons. The van der Waals surface area contributed by atoms with Crippen molar-refractivity contribution in [2.75, 3.05) is 26.2 Å². The Kier molecular flexibility index (Phi) is 6.31. The second-order valence-corrected chi connectivity index (χ2v) is 5.60. The molecule has 1 saturated heterocycles. The van der Waals surface area contributed by atoms with Gasteiger partial charge in [-0.15, -0.1) is 0 Å². The zero-order chi connectivity index (χ0) is 13.3. The van der Waals surface area contributed by atoms with Gasteiger partial charge in [-0.1, -0.05) is 12.5 Å². The van der Waals surface area contributed by atoms with Gasteiger partial charge >= 0.3 is 0 Å². The Bertz CT molecular complexity index is 339. The van der Waals surface area contributed by atoms with E-state index >= 15 is 0 Å². The van der Waals surface area contributed by atoms with E-state index in [0.29, 0.717) is 0 Å². The van der Waals surface area contributed by atoms with Crippen molar-refractivity contribution < 1.29 is 0 Å². The smallest absolute Gasteiger partial charge is 0.0300 e. The van der Waals surface area contributed by atoms with Gasteiger partial charge in [0.2, 0.25) is 0 Å². The Morgan fingerprint density at radius 1 is 1.37 bits per heavy atom. The van der Waals surface area contributed by atoms with Crippen LogP contribution in [-0.4, -0.2) is 42.1 Å². The molecule has 2 heterocycles. The summed E-state index contributed by atoms with van der Waals surface area (Å²) >= 11 is 0. The Morgan fingerprint density at radius 2 is 2.32 bits per heavy atom. The van der Waals surface area contributed by atoms with E-state index in [9.17, 15) is 0 Å². The lowest BCUT2D eigenvalue weighted by Crippen LogP contribution is -2.39. The number of likely N-dealkylation sites (tertiary alicyclic amines) is 1. The van der Waals surface area contributed by atoms with Crippen LogP contribution in [0.25, 0.3) is 0 Å². The summed E-state index contributed by atoms with van der Waals surface area (Å²) < 4.78 is 0. The molecule has 1 atom stereocenters. The van der Waals surface area contributed by atoms with Gasteiger partial charge in [0.25, 0.3) is 0 Å². The third-order valence-corrected chi connectivity index (χ3v) is 4.05. The fourth-order valence-electron chi connectivity index (χ4n) is 2.80. The molecule has 0 saturated carbocycles. The van der Waals surface area contributed by atoms with Crippen LogP contribution in [0.4, 0.5) is 0 Å². The highest BCUT2D eigenvalue weighted by atomic mass is 15.2. The number of pyridine rings is 1. The van der Waals surface area contributed by atoms with Gasteiger partial charge in [0.15, 0.2) is 0 Å². The normalized spacial score (nSPS) is 20.6. The summed E-state index contributed by atoms with van der Waals surface area (Å²) in [5.74, 6) is 0. The highest BCUT2D eigenvalue weighted by molar-refractivity contribution is 5.08. The van der Waals surface area contributed by atoms with Crippen molar-refractivity contribution in [1.29, 1.82) is 0 Å². The van der Waals surface area contributed by atoms with Gasteiger partial charge in [-0.05, 0) is 70.4 Å². The van der Waals surface area contributed by atoms with Crippen molar-refractivity contribution in [2.24, 2.45) is 0 Å². The zero-order valence-corrected chi connectivity index (χ0v) is 12.1. The lowest BCUT2D eigenvalue weighted by molar-refractivity contribution is 0.159. The van der Waals surface area contributed by atoms with Crippen LogP contribution in [-0.2, 0) is 6.42 Å². The molecule has 3 heteroatoms. The van der Waals surface area contributed by atoms with Crippen LogP contribution in [0.15, 0.2) is 24.5 Å². The van der Waals surface area contributed by atoms with Gasteiger partial charge in [-0.3, -0.25) is 4.98 Å². The van der Waals surface area contributed by atoms with Crippen LogP contribution in [0.5, 0.6) is 0 Å². The number of rotatable bonds is 7. The SMILES string of the molecule is CC1CCCCN1CCCNCCc1cccnc1. The maximum absolute atomic E-state index is 4.13. The van der Waals surface area contributed by atoms with Crippen LogP contribution in [0.1, 0.15) is 38.2 Å². The average molecular weight is 261 g/mol. The van der Waals surface area contributed by atoms with E-state index in [1.165, 1.54) is 44.3 Å². The first-order valence-electron chi connectivity index (χ1n) is 7.70. The number of aromatic nitrogens is 1. The minimum atomic E-state index is 0.796. The summed E-state index contributed by atoms with van der Waals surface area (Å²) in [4.78, 5) is 6.78. The van der Waals surface area contributed by atoms with Crippen LogP contribution >= 0.6 is 0 Å². The average Bonchev–Trinajstić information content (AvgIpc) is 2.45. The monoisotopic (exact) mass is 261 g/mol. The van der Waals surface area contributed by atoms with E-state index in [1.54, 1.807) is 0 Å². The molecule has 1 aromatic rings. The van der Waals surface area contributed by atoms with Crippen molar-refractivity contribution in [1.82, 2.24) is 15.2 Å². The van der Waals surface area contributed by atoms with Crippen LogP contribution in [0, 0.1) is 0 Å². The molecule has 0 aliphatic carbocycles. The van der Waals surface area contributed by atoms with E-state index in [0.717, 1.165) is 25.6 Å². The summed E-state index contributed by atoms with van der Waals surface area (Å²) in [5.41, 5.74) is 1.32. The van der Waals surface area contributed by atoms with Crippen molar-refractivity contribution in [2.45, 2.75) is 45.1 Å². The van der Waals surface area contributed by atoms with Gasteiger partial charge < -0.3 is 10.2 Å². The molecule has 1 aromatic heterocycles. The molecule has 0 spiro atoms. The van der Waals surface area contributed by atoms with Crippen LogP contribution in [0.3, 0.4) is 0 Å². The summed E-state index contributed by atoms with van der Waals surface area (Å²) in [7, 11) is 0. The molecule has 0 amide bonds. The fourth-order valence-corrected chi connectivity index (χ4v) is 2.80. The van der Waals surface area contributed by atoms with Crippen molar-refractivity contribution in [3.05, 3.63) is 30.1 Å². The lowest BCUT2D eigenvalue weighted by atomic mass is 10.0. The topological polar surface area (TPSA) is 28.2 Å². The molecule has 2 rings (SSSR count). The molecule has 0 radical (unpaired) electrons. The third kappa shape index (κ3) is 5.29. The first-order chi connectivity index (χ1) is 9.36. The maximum atomic E-state index is 4.13. The van der Waals surface area contributed by atoms with Gasteiger partial charge in [0.1, 0.15) is 0 Å². The van der Waals surface area contributed by atoms with Gasteiger partial charge in [-0.25, -0.2) is 0 Å². The minimum absolute atomic E-state index is 0.796. The van der Waals surface area contributed by atoms with E-state index in [-0.39, 0.29) is 0 Å². The molecule has 19 heavy (non-hydrogen) atoms. The predicted molar refractivity (Wildman–Crippen MR) is 80.3 cm³/mol. The number of hydrogen-bond donors (Lipinski definition) is 1. The van der Waals surface area contributed by atoms with Gasteiger partial charge in [0, 0.05) is 18.4 Å². The first kappa shape index (κ1) is 14.5. The zero-order valence-electron chi connectivity index (χ0n) is 12.1. The minimum Gasteiger partial charge on any atom is -0.316 e. The van der Waals surface area contributed by atoms with Crippen LogP contribution in [0.2, 0.25) is 0 Å². The Balaban J connectivity index is 1.50. The van der Waals surface area contributed by atoms with Crippen LogP contribution < -0.4 is 5.32 Å². The van der Waals surface area contributed by atoms with E-state index in [2.05, 4.69) is 28.2 Å². The van der Waals surface area contributed by atoms with Crippen molar-refractivity contribution in [3.8, 4) is 0 Å². The second kappa shape index (κ2) is 8.28. The molecule has 1 unspecified atom stereocenters. The largest absolute Gasteiger partial charge is 0.316 e. The molecular weight excluding hydrogens is 234 g/mol. The van der Waals surface area contributed by atoms with Crippen molar-refractivity contribution in [3.63, 3.8) is 0 Å². The molecule has 0 bridgehead atoms. The summed E-state index contributed by atoms with van der Waals surface area (Å²) in [6.45, 7) is 7.11. The highest BCUT2D eigenvalue weighted by Crippen LogP contribution is 2.15. The third-order valence-electron chi connectivity index (χ3n) is 4.05. The fraction of sp³-hybridized carbons (Fsp3) is 0.688. The molecule has 1 N–H and O–H groups in total. The van der Waals surface area contributed by atoms with E-state index in [4.69, 9.17) is 0 Å². The molecule has 1 fully saturated rings. The van der Waals surface area contributed by atoms with Gasteiger partial charge in [-0.2, -0.15) is 0 Å². The first-order valence-corrected chi connectivity index (χ1v) is 7.70. The summed E-state index contributed by atoms with van der Waals surface area (Å²) in [6, 6.07) is 4.95. The molecule has 1 aliphatic rings. The Morgan fingerprint density at radius 3 is 3.11 bits per heavy atom. The quantitative estimate of drug-likeness (QED) is 0.764. The van der Waals surface area contributed by atoms with Gasteiger partial charge in [0.05, 0.1) is 0 Å². The second-order valence-electron chi connectivity index (χ2n) is 5.60.